The number of hydrogen-bond acceptors (Lipinski definition) is 3. The Balaban J connectivity index is 1.85. The first-order valence-electron chi connectivity index (χ1n) is 7.35. The van der Waals surface area contributed by atoms with Gasteiger partial charge in [0.1, 0.15) is 0 Å². The third kappa shape index (κ3) is 3.51. The lowest BCUT2D eigenvalue weighted by atomic mass is 10.1. The number of nitrogens with zero attached hydrogens (tertiary/aromatic N) is 1. The average molecular weight is 275 g/mol. The highest BCUT2D eigenvalue weighted by molar-refractivity contribution is 5.95. The van der Waals surface area contributed by atoms with Gasteiger partial charge in [-0.1, -0.05) is 6.07 Å². The Hall–Kier alpha value is -1.55. The highest BCUT2D eigenvalue weighted by Gasteiger charge is 2.24. The molecule has 0 aliphatic carbocycles. The summed E-state index contributed by atoms with van der Waals surface area (Å²) in [6.07, 6.45) is 1.16. The molecular formula is C16H25N3O. The summed E-state index contributed by atoms with van der Waals surface area (Å²) in [4.78, 5) is 14.6. The molecule has 3 N–H and O–H groups in total. The molecule has 4 heteroatoms. The minimum Gasteiger partial charge on any atom is -0.398 e. The summed E-state index contributed by atoms with van der Waals surface area (Å²) in [5.74, 6) is 0.531. The molecule has 1 aromatic rings. The van der Waals surface area contributed by atoms with Gasteiger partial charge < -0.3 is 16.0 Å². The molecular weight excluding hydrogens is 250 g/mol. The van der Waals surface area contributed by atoms with Crippen LogP contribution in [-0.4, -0.2) is 36.5 Å². The molecule has 0 saturated carbocycles. The number of anilines is 1. The molecule has 0 bridgehead atoms. The second-order valence-corrected chi connectivity index (χ2v) is 6.02. The predicted octanol–water partition coefficient (Wildman–Crippen LogP) is 2.04. The Labute approximate surface area is 121 Å². The van der Waals surface area contributed by atoms with Crippen molar-refractivity contribution >= 4 is 11.6 Å². The highest BCUT2D eigenvalue weighted by Crippen LogP contribution is 2.18. The topological polar surface area (TPSA) is 58.4 Å². The monoisotopic (exact) mass is 275 g/mol. The van der Waals surface area contributed by atoms with Gasteiger partial charge in [0.25, 0.3) is 5.91 Å². The fourth-order valence-corrected chi connectivity index (χ4v) is 2.62. The molecule has 1 atom stereocenters. The van der Waals surface area contributed by atoms with E-state index in [1.54, 1.807) is 6.07 Å². The molecule has 1 unspecified atom stereocenters. The molecule has 1 amide bonds. The lowest BCUT2D eigenvalue weighted by molar-refractivity contribution is 0.0947. The lowest BCUT2D eigenvalue weighted by Crippen LogP contribution is -2.33. The van der Waals surface area contributed by atoms with Crippen LogP contribution >= 0.6 is 0 Å². The number of likely N-dealkylation sites (tertiary alicyclic amines) is 1. The van der Waals surface area contributed by atoms with E-state index in [9.17, 15) is 4.79 Å². The number of nitrogens with one attached hydrogen (secondary N) is 1. The summed E-state index contributed by atoms with van der Waals surface area (Å²) >= 11 is 0. The van der Waals surface area contributed by atoms with Gasteiger partial charge in [0.15, 0.2) is 0 Å². The quantitative estimate of drug-likeness (QED) is 0.827. The van der Waals surface area contributed by atoms with E-state index >= 15 is 0 Å². The van der Waals surface area contributed by atoms with Crippen LogP contribution in [0.3, 0.4) is 0 Å². The van der Waals surface area contributed by atoms with E-state index in [2.05, 4.69) is 24.1 Å². The largest absolute Gasteiger partial charge is 0.398 e. The van der Waals surface area contributed by atoms with E-state index in [1.807, 2.05) is 19.1 Å². The van der Waals surface area contributed by atoms with Crippen molar-refractivity contribution in [2.75, 3.05) is 25.4 Å². The second kappa shape index (κ2) is 6.27. The van der Waals surface area contributed by atoms with Gasteiger partial charge in [0.05, 0.1) is 0 Å². The molecule has 4 nitrogen and oxygen atoms in total. The summed E-state index contributed by atoms with van der Waals surface area (Å²) < 4.78 is 0. The van der Waals surface area contributed by atoms with E-state index in [4.69, 9.17) is 5.73 Å². The predicted molar refractivity (Wildman–Crippen MR) is 82.7 cm³/mol. The van der Waals surface area contributed by atoms with Gasteiger partial charge in [-0.05, 0) is 57.4 Å². The fourth-order valence-electron chi connectivity index (χ4n) is 2.62. The first-order chi connectivity index (χ1) is 9.47. The van der Waals surface area contributed by atoms with Crippen LogP contribution < -0.4 is 11.1 Å². The Kier molecular flexibility index (Phi) is 4.65. The summed E-state index contributed by atoms with van der Waals surface area (Å²) in [6.45, 7) is 9.33. The minimum atomic E-state index is -0.0281. The fraction of sp³-hybridized carbons (Fsp3) is 0.562. The van der Waals surface area contributed by atoms with Crippen LogP contribution in [0.4, 0.5) is 5.69 Å². The molecule has 1 aliphatic heterocycles. The molecule has 1 heterocycles. The summed E-state index contributed by atoms with van der Waals surface area (Å²) in [6, 6.07) is 6.06. The molecule has 0 radical (unpaired) electrons. The van der Waals surface area contributed by atoms with E-state index in [0.29, 0.717) is 23.2 Å². The standard InChI is InChI=1S/C16H25N3O/c1-11(2)19-7-6-13(10-19)9-18-16(20)14-5-4-12(3)15(17)8-14/h4-5,8,11,13H,6-7,9-10,17H2,1-3H3,(H,18,20). The normalized spacial score (nSPS) is 19.5. The molecule has 1 aromatic carbocycles. The molecule has 1 saturated heterocycles. The first kappa shape index (κ1) is 14.9. The van der Waals surface area contributed by atoms with E-state index in [1.165, 1.54) is 0 Å². The molecule has 1 aliphatic rings. The smallest absolute Gasteiger partial charge is 0.251 e. The highest BCUT2D eigenvalue weighted by atomic mass is 16.1. The first-order valence-corrected chi connectivity index (χ1v) is 7.35. The molecule has 2 rings (SSSR count). The van der Waals surface area contributed by atoms with Crippen molar-refractivity contribution in [1.82, 2.24) is 10.2 Å². The summed E-state index contributed by atoms with van der Waals surface area (Å²) in [5.41, 5.74) is 8.16. The van der Waals surface area contributed by atoms with Gasteiger partial charge >= 0.3 is 0 Å². The number of carbonyl (C=O) groups excluding carboxylic acids is 1. The summed E-state index contributed by atoms with van der Waals surface area (Å²) in [7, 11) is 0. The third-order valence-electron chi connectivity index (χ3n) is 4.14. The lowest BCUT2D eigenvalue weighted by Gasteiger charge is -2.20. The number of aryl methyl sites for hydroxylation is 1. The zero-order valence-electron chi connectivity index (χ0n) is 12.6. The maximum atomic E-state index is 12.1. The zero-order valence-corrected chi connectivity index (χ0v) is 12.6. The third-order valence-corrected chi connectivity index (χ3v) is 4.14. The zero-order chi connectivity index (χ0) is 14.7. The SMILES string of the molecule is Cc1ccc(C(=O)NCC2CCN(C(C)C)C2)cc1N. The van der Waals surface area contributed by atoms with Crippen LogP contribution in [-0.2, 0) is 0 Å². The maximum Gasteiger partial charge on any atom is 0.251 e. The van der Waals surface area contributed by atoms with Crippen molar-refractivity contribution in [3.63, 3.8) is 0 Å². The summed E-state index contributed by atoms with van der Waals surface area (Å²) in [5, 5.41) is 3.03. The number of hydrogen-bond donors (Lipinski definition) is 2. The van der Waals surface area contributed by atoms with Crippen molar-refractivity contribution < 1.29 is 4.79 Å². The van der Waals surface area contributed by atoms with Gasteiger partial charge in [-0.25, -0.2) is 0 Å². The van der Waals surface area contributed by atoms with Crippen LogP contribution in [0.15, 0.2) is 18.2 Å². The van der Waals surface area contributed by atoms with Crippen molar-refractivity contribution in [2.24, 2.45) is 5.92 Å². The number of nitrogens with two attached hydrogens (primary N) is 1. The average Bonchev–Trinajstić information content (AvgIpc) is 2.88. The van der Waals surface area contributed by atoms with Gasteiger partial charge in [-0.15, -0.1) is 0 Å². The molecule has 20 heavy (non-hydrogen) atoms. The Morgan fingerprint density at radius 2 is 2.25 bits per heavy atom. The Bertz CT molecular complexity index is 485. The Morgan fingerprint density at radius 3 is 2.85 bits per heavy atom. The van der Waals surface area contributed by atoms with Crippen LogP contribution in [0.2, 0.25) is 0 Å². The maximum absolute atomic E-state index is 12.1. The van der Waals surface area contributed by atoms with Crippen LogP contribution in [0.25, 0.3) is 0 Å². The van der Waals surface area contributed by atoms with Crippen molar-refractivity contribution in [3.05, 3.63) is 29.3 Å². The number of amides is 1. The molecule has 0 spiro atoms. The van der Waals surface area contributed by atoms with Gasteiger partial charge in [-0.2, -0.15) is 0 Å². The van der Waals surface area contributed by atoms with Crippen LogP contribution in [0.5, 0.6) is 0 Å². The van der Waals surface area contributed by atoms with Crippen LogP contribution in [0.1, 0.15) is 36.2 Å². The number of rotatable bonds is 4. The van der Waals surface area contributed by atoms with Gasteiger partial charge in [-0.3, -0.25) is 4.79 Å². The molecule has 0 aromatic heterocycles. The molecule has 110 valence electrons. The number of carbonyl (C=O) groups is 1. The number of nitrogen functional groups attached to an aromatic ring is 1. The Morgan fingerprint density at radius 1 is 1.50 bits per heavy atom. The van der Waals surface area contributed by atoms with Gasteiger partial charge in [0, 0.05) is 30.4 Å². The van der Waals surface area contributed by atoms with E-state index < -0.39 is 0 Å². The van der Waals surface area contributed by atoms with Crippen molar-refractivity contribution in [2.45, 2.75) is 33.2 Å². The van der Waals surface area contributed by atoms with Crippen LogP contribution in [0, 0.1) is 12.8 Å². The number of benzene rings is 1. The van der Waals surface area contributed by atoms with E-state index in [-0.39, 0.29) is 5.91 Å². The van der Waals surface area contributed by atoms with E-state index in [0.717, 1.165) is 31.6 Å². The van der Waals surface area contributed by atoms with Gasteiger partial charge in [0.2, 0.25) is 0 Å². The van der Waals surface area contributed by atoms with Crippen molar-refractivity contribution in [3.8, 4) is 0 Å². The minimum absolute atomic E-state index is 0.0281. The second-order valence-electron chi connectivity index (χ2n) is 6.02. The molecule has 1 fully saturated rings. The van der Waals surface area contributed by atoms with Crippen molar-refractivity contribution in [1.29, 1.82) is 0 Å².